The highest BCUT2D eigenvalue weighted by Crippen LogP contribution is 2.23. The van der Waals surface area contributed by atoms with Gasteiger partial charge in [0.2, 0.25) is 0 Å². The van der Waals surface area contributed by atoms with Gasteiger partial charge in [-0.25, -0.2) is 9.97 Å². The van der Waals surface area contributed by atoms with E-state index in [1.54, 1.807) is 19.6 Å². The van der Waals surface area contributed by atoms with Crippen molar-refractivity contribution >= 4 is 5.82 Å². The lowest BCUT2D eigenvalue weighted by molar-refractivity contribution is 0.415. The molecule has 0 unspecified atom stereocenters. The Morgan fingerprint density at radius 1 is 1.09 bits per heavy atom. The highest BCUT2D eigenvalue weighted by molar-refractivity contribution is 5.63. The summed E-state index contributed by atoms with van der Waals surface area (Å²) in [6.45, 7) is 0.669. The number of anilines is 1. The Balaban J connectivity index is 1.77. The maximum atomic E-state index is 5.25. The molecule has 0 fully saturated rings. The Kier molecular flexibility index (Phi) is 4.25. The van der Waals surface area contributed by atoms with Crippen molar-refractivity contribution in [3.05, 3.63) is 66.7 Å². The standard InChI is InChI=1S/C17H16N4O/c1-22-15-6-2-5-14(8-15)16-9-17(21-12-20-16)19-11-13-4-3-7-18-10-13/h2-10,12H,11H2,1H3,(H,19,20,21). The van der Waals surface area contributed by atoms with Crippen molar-refractivity contribution in [3.8, 4) is 17.0 Å². The predicted molar refractivity (Wildman–Crippen MR) is 85.6 cm³/mol. The molecule has 1 aromatic carbocycles. The van der Waals surface area contributed by atoms with Crippen LogP contribution < -0.4 is 10.1 Å². The van der Waals surface area contributed by atoms with Gasteiger partial charge in [0.15, 0.2) is 0 Å². The number of aromatic nitrogens is 3. The molecular weight excluding hydrogens is 276 g/mol. The van der Waals surface area contributed by atoms with E-state index >= 15 is 0 Å². The molecule has 1 N–H and O–H groups in total. The van der Waals surface area contributed by atoms with Crippen molar-refractivity contribution in [2.45, 2.75) is 6.54 Å². The van der Waals surface area contributed by atoms with Crippen LogP contribution in [0.5, 0.6) is 5.75 Å². The van der Waals surface area contributed by atoms with E-state index < -0.39 is 0 Å². The zero-order chi connectivity index (χ0) is 15.2. The first-order chi connectivity index (χ1) is 10.8. The van der Waals surface area contributed by atoms with Crippen LogP contribution in [-0.2, 0) is 6.54 Å². The summed E-state index contributed by atoms with van der Waals surface area (Å²) in [5.41, 5.74) is 2.94. The van der Waals surface area contributed by atoms with E-state index in [1.165, 1.54) is 0 Å². The molecule has 5 heteroatoms. The van der Waals surface area contributed by atoms with Crippen LogP contribution in [0.3, 0.4) is 0 Å². The highest BCUT2D eigenvalue weighted by atomic mass is 16.5. The zero-order valence-corrected chi connectivity index (χ0v) is 12.2. The van der Waals surface area contributed by atoms with Gasteiger partial charge in [-0.3, -0.25) is 4.98 Å². The lowest BCUT2D eigenvalue weighted by Crippen LogP contribution is -2.02. The lowest BCUT2D eigenvalue weighted by Gasteiger charge is -2.08. The molecule has 2 aromatic heterocycles. The first kappa shape index (κ1) is 14.0. The molecule has 0 radical (unpaired) electrons. The first-order valence-corrected chi connectivity index (χ1v) is 6.94. The largest absolute Gasteiger partial charge is 0.497 e. The minimum Gasteiger partial charge on any atom is -0.497 e. The number of nitrogens with zero attached hydrogens (tertiary/aromatic N) is 3. The molecule has 0 aliphatic heterocycles. The third kappa shape index (κ3) is 3.38. The molecule has 0 spiro atoms. The average Bonchev–Trinajstić information content (AvgIpc) is 2.61. The van der Waals surface area contributed by atoms with Crippen molar-refractivity contribution in [2.75, 3.05) is 12.4 Å². The number of nitrogens with one attached hydrogen (secondary N) is 1. The van der Waals surface area contributed by atoms with Crippen LogP contribution in [0.2, 0.25) is 0 Å². The molecule has 5 nitrogen and oxygen atoms in total. The fourth-order valence-electron chi connectivity index (χ4n) is 2.09. The molecule has 2 heterocycles. The van der Waals surface area contributed by atoms with Crippen LogP contribution >= 0.6 is 0 Å². The van der Waals surface area contributed by atoms with Gasteiger partial charge in [-0.15, -0.1) is 0 Å². The number of hydrogen-bond donors (Lipinski definition) is 1. The van der Waals surface area contributed by atoms with Gasteiger partial charge in [-0.1, -0.05) is 18.2 Å². The minimum atomic E-state index is 0.669. The second kappa shape index (κ2) is 6.67. The van der Waals surface area contributed by atoms with Crippen LogP contribution in [0.15, 0.2) is 61.2 Å². The van der Waals surface area contributed by atoms with E-state index in [-0.39, 0.29) is 0 Å². The van der Waals surface area contributed by atoms with E-state index in [2.05, 4.69) is 20.3 Å². The van der Waals surface area contributed by atoms with Crippen molar-refractivity contribution in [3.63, 3.8) is 0 Å². The van der Waals surface area contributed by atoms with E-state index in [9.17, 15) is 0 Å². The van der Waals surface area contributed by atoms with Gasteiger partial charge in [-0.2, -0.15) is 0 Å². The van der Waals surface area contributed by atoms with E-state index in [1.807, 2.05) is 48.7 Å². The summed E-state index contributed by atoms with van der Waals surface area (Å²) in [6, 6.07) is 13.7. The third-order valence-corrected chi connectivity index (χ3v) is 3.23. The molecule has 0 bridgehead atoms. The Hall–Kier alpha value is -2.95. The maximum Gasteiger partial charge on any atom is 0.130 e. The van der Waals surface area contributed by atoms with Gasteiger partial charge < -0.3 is 10.1 Å². The molecule has 22 heavy (non-hydrogen) atoms. The summed E-state index contributed by atoms with van der Waals surface area (Å²) in [7, 11) is 1.65. The molecule has 0 amide bonds. The van der Waals surface area contributed by atoms with Gasteiger partial charge in [0.25, 0.3) is 0 Å². The summed E-state index contributed by atoms with van der Waals surface area (Å²) in [5, 5.41) is 3.28. The van der Waals surface area contributed by atoms with Gasteiger partial charge in [0.1, 0.15) is 17.9 Å². The number of pyridine rings is 1. The lowest BCUT2D eigenvalue weighted by atomic mass is 10.1. The van der Waals surface area contributed by atoms with E-state index in [0.29, 0.717) is 6.54 Å². The fraction of sp³-hybridized carbons (Fsp3) is 0.118. The van der Waals surface area contributed by atoms with Gasteiger partial charge in [-0.05, 0) is 23.8 Å². The molecule has 0 saturated carbocycles. The van der Waals surface area contributed by atoms with Crippen LogP contribution in [-0.4, -0.2) is 22.1 Å². The molecule has 0 aliphatic carbocycles. The molecule has 110 valence electrons. The number of methoxy groups -OCH3 is 1. The van der Waals surface area contributed by atoms with Crippen molar-refractivity contribution in [1.29, 1.82) is 0 Å². The van der Waals surface area contributed by atoms with E-state index in [4.69, 9.17) is 4.74 Å². The summed E-state index contributed by atoms with van der Waals surface area (Å²) >= 11 is 0. The molecule has 0 atom stereocenters. The summed E-state index contributed by atoms with van der Waals surface area (Å²) in [4.78, 5) is 12.7. The monoisotopic (exact) mass is 292 g/mol. The van der Waals surface area contributed by atoms with Crippen LogP contribution in [0.1, 0.15) is 5.56 Å². The molecule has 0 saturated heterocycles. The number of benzene rings is 1. The summed E-state index contributed by atoms with van der Waals surface area (Å²) in [5.74, 6) is 1.58. The van der Waals surface area contributed by atoms with Crippen molar-refractivity contribution in [1.82, 2.24) is 15.0 Å². The van der Waals surface area contributed by atoms with Crippen LogP contribution in [0, 0.1) is 0 Å². The highest BCUT2D eigenvalue weighted by Gasteiger charge is 2.03. The Morgan fingerprint density at radius 2 is 2.05 bits per heavy atom. The van der Waals surface area contributed by atoms with Crippen LogP contribution in [0.25, 0.3) is 11.3 Å². The van der Waals surface area contributed by atoms with E-state index in [0.717, 1.165) is 28.4 Å². The Morgan fingerprint density at radius 3 is 2.86 bits per heavy atom. The van der Waals surface area contributed by atoms with Crippen molar-refractivity contribution in [2.24, 2.45) is 0 Å². The Bertz CT molecular complexity index is 746. The first-order valence-electron chi connectivity index (χ1n) is 6.94. The molecule has 0 aliphatic rings. The second-order valence-corrected chi connectivity index (χ2v) is 4.74. The summed E-state index contributed by atoms with van der Waals surface area (Å²) < 4.78 is 5.25. The summed E-state index contributed by atoms with van der Waals surface area (Å²) in [6.07, 6.45) is 5.15. The number of hydrogen-bond acceptors (Lipinski definition) is 5. The van der Waals surface area contributed by atoms with Gasteiger partial charge in [0.05, 0.1) is 12.8 Å². The normalized spacial score (nSPS) is 10.2. The number of ether oxygens (including phenoxy) is 1. The predicted octanol–water partition coefficient (Wildman–Crippen LogP) is 3.16. The minimum absolute atomic E-state index is 0.669. The van der Waals surface area contributed by atoms with Gasteiger partial charge >= 0.3 is 0 Å². The number of rotatable bonds is 5. The molecule has 3 rings (SSSR count). The quantitative estimate of drug-likeness (QED) is 0.782. The fourth-order valence-corrected chi connectivity index (χ4v) is 2.09. The second-order valence-electron chi connectivity index (χ2n) is 4.74. The van der Waals surface area contributed by atoms with Crippen molar-refractivity contribution < 1.29 is 4.74 Å². The maximum absolute atomic E-state index is 5.25. The smallest absolute Gasteiger partial charge is 0.130 e. The van der Waals surface area contributed by atoms with Crippen LogP contribution in [0.4, 0.5) is 5.82 Å². The average molecular weight is 292 g/mol. The molecular formula is C17H16N4O. The zero-order valence-electron chi connectivity index (χ0n) is 12.2. The SMILES string of the molecule is COc1cccc(-c2cc(NCc3cccnc3)ncn2)c1. The topological polar surface area (TPSA) is 59.9 Å². The molecule has 3 aromatic rings. The Labute approximate surface area is 129 Å². The van der Waals surface area contributed by atoms with Gasteiger partial charge in [0, 0.05) is 30.6 Å². The third-order valence-electron chi connectivity index (χ3n) is 3.23.